The summed E-state index contributed by atoms with van der Waals surface area (Å²) in [5.74, 6) is 2.35. The average molecular weight is 110 g/mol. The number of aliphatic hydroxyl groups is 1. The number of aliphatic hydroxyl groups excluding tert-OH is 1. The highest BCUT2D eigenvalue weighted by atomic mass is 16.3. The lowest BCUT2D eigenvalue weighted by Crippen LogP contribution is -2.01. The summed E-state index contributed by atoms with van der Waals surface area (Å²) in [4.78, 5) is 0. The summed E-state index contributed by atoms with van der Waals surface area (Å²) in [7, 11) is 0. The molecule has 0 spiro atoms. The Morgan fingerprint density at radius 1 is 1.88 bits per heavy atom. The zero-order valence-electron chi connectivity index (χ0n) is 4.80. The molecule has 0 bridgehead atoms. The van der Waals surface area contributed by atoms with Crippen molar-refractivity contribution < 1.29 is 5.11 Å². The van der Waals surface area contributed by atoms with Gasteiger partial charge in [-0.15, -0.1) is 18.9 Å². The number of terminal acetylenes is 1. The summed E-state index contributed by atoms with van der Waals surface area (Å²) in [6.45, 7) is 3.45. The Labute approximate surface area is 50.0 Å². The summed E-state index contributed by atoms with van der Waals surface area (Å²) in [6, 6.07) is 0. The van der Waals surface area contributed by atoms with Gasteiger partial charge in [0.15, 0.2) is 0 Å². The van der Waals surface area contributed by atoms with Gasteiger partial charge in [0.25, 0.3) is 0 Å². The molecule has 1 heteroatoms. The highest BCUT2D eigenvalue weighted by Gasteiger charge is 1.95. The van der Waals surface area contributed by atoms with Crippen LogP contribution in [-0.2, 0) is 0 Å². The van der Waals surface area contributed by atoms with Crippen LogP contribution in [0.2, 0.25) is 0 Å². The van der Waals surface area contributed by atoms with Crippen LogP contribution in [0.4, 0.5) is 0 Å². The second-order valence-electron chi connectivity index (χ2n) is 1.59. The highest BCUT2D eigenvalue weighted by molar-refractivity contribution is 4.88. The lowest BCUT2D eigenvalue weighted by Gasteiger charge is -1.99. The molecule has 0 aromatic rings. The van der Waals surface area contributed by atoms with Crippen molar-refractivity contribution in [2.75, 3.05) is 0 Å². The normalized spacial score (nSPS) is 12.0. The van der Waals surface area contributed by atoms with Crippen LogP contribution in [0, 0.1) is 12.3 Å². The Kier molecular flexibility index (Phi) is 4.01. The van der Waals surface area contributed by atoms with Gasteiger partial charge in [-0.2, -0.15) is 0 Å². The Morgan fingerprint density at radius 2 is 2.50 bits per heavy atom. The first-order valence-electron chi connectivity index (χ1n) is 2.53. The van der Waals surface area contributed by atoms with E-state index < -0.39 is 6.10 Å². The fourth-order valence-corrected chi connectivity index (χ4v) is 0.412. The van der Waals surface area contributed by atoms with Gasteiger partial charge in [-0.3, -0.25) is 0 Å². The summed E-state index contributed by atoms with van der Waals surface area (Å²) < 4.78 is 0. The summed E-state index contributed by atoms with van der Waals surface area (Å²) in [5.41, 5.74) is 0. The predicted octanol–water partition coefficient (Wildman–Crippen LogP) is 0.947. The topological polar surface area (TPSA) is 20.2 Å². The van der Waals surface area contributed by atoms with E-state index in [1.165, 1.54) is 0 Å². The molecule has 0 aliphatic rings. The van der Waals surface area contributed by atoms with Crippen molar-refractivity contribution in [3.8, 4) is 12.3 Å². The Balaban J connectivity index is 3.20. The van der Waals surface area contributed by atoms with Gasteiger partial charge in [0.05, 0.1) is 6.10 Å². The third-order valence-corrected chi connectivity index (χ3v) is 0.792. The summed E-state index contributed by atoms with van der Waals surface area (Å²) >= 11 is 0. The summed E-state index contributed by atoms with van der Waals surface area (Å²) in [6.07, 6.45) is 7.19. The van der Waals surface area contributed by atoms with Crippen LogP contribution in [-0.4, -0.2) is 11.2 Å². The van der Waals surface area contributed by atoms with Gasteiger partial charge in [0.1, 0.15) is 0 Å². The van der Waals surface area contributed by atoms with Crippen LogP contribution in [0.15, 0.2) is 12.7 Å². The maximum atomic E-state index is 8.84. The van der Waals surface area contributed by atoms with Crippen LogP contribution >= 0.6 is 0 Å². The van der Waals surface area contributed by atoms with Crippen molar-refractivity contribution in [1.29, 1.82) is 0 Å². The van der Waals surface area contributed by atoms with Gasteiger partial charge >= 0.3 is 0 Å². The van der Waals surface area contributed by atoms with Crippen molar-refractivity contribution in [3.63, 3.8) is 0 Å². The molecule has 0 fully saturated rings. The molecule has 0 amide bonds. The van der Waals surface area contributed by atoms with Gasteiger partial charge in [-0.05, 0) is 6.42 Å². The molecule has 0 aliphatic heterocycles. The molecule has 1 atom stereocenters. The fourth-order valence-electron chi connectivity index (χ4n) is 0.412. The molecular weight excluding hydrogens is 100 g/mol. The van der Waals surface area contributed by atoms with Crippen molar-refractivity contribution >= 4 is 0 Å². The standard InChI is InChI=1S/C7H10O/c1-3-5-7(8)6-4-2/h1,4,7-8H,2,5-6H2. The monoisotopic (exact) mass is 110 g/mol. The molecule has 0 radical (unpaired) electrons. The number of rotatable bonds is 3. The van der Waals surface area contributed by atoms with Crippen molar-refractivity contribution in [1.82, 2.24) is 0 Å². The van der Waals surface area contributed by atoms with E-state index in [1.54, 1.807) is 6.08 Å². The third kappa shape index (κ3) is 3.45. The molecule has 0 saturated carbocycles. The van der Waals surface area contributed by atoms with Crippen LogP contribution in [0.3, 0.4) is 0 Å². The molecule has 1 unspecified atom stereocenters. The largest absolute Gasteiger partial charge is 0.392 e. The Hall–Kier alpha value is -0.740. The van der Waals surface area contributed by atoms with Crippen molar-refractivity contribution in [2.24, 2.45) is 0 Å². The molecular formula is C7H10O. The smallest absolute Gasteiger partial charge is 0.0683 e. The van der Waals surface area contributed by atoms with Gasteiger partial charge in [-0.1, -0.05) is 6.08 Å². The minimum Gasteiger partial charge on any atom is -0.392 e. The fraction of sp³-hybridized carbons (Fsp3) is 0.429. The molecule has 0 saturated heterocycles. The maximum Gasteiger partial charge on any atom is 0.0683 e. The van der Waals surface area contributed by atoms with Gasteiger partial charge in [0, 0.05) is 6.42 Å². The van der Waals surface area contributed by atoms with E-state index in [1.807, 2.05) is 0 Å². The highest BCUT2D eigenvalue weighted by Crippen LogP contribution is 1.94. The van der Waals surface area contributed by atoms with Crippen molar-refractivity contribution in [3.05, 3.63) is 12.7 Å². The predicted molar refractivity (Wildman–Crippen MR) is 34.3 cm³/mol. The number of hydrogen-bond acceptors (Lipinski definition) is 1. The van der Waals surface area contributed by atoms with Gasteiger partial charge in [-0.25, -0.2) is 0 Å². The Morgan fingerprint density at radius 3 is 2.88 bits per heavy atom. The minimum absolute atomic E-state index is 0.391. The second kappa shape index (κ2) is 4.42. The molecule has 0 aromatic carbocycles. The first-order chi connectivity index (χ1) is 3.81. The zero-order chi connectivity index (χ0) is 6.41. The lowest BCUT2D eigenvalue weighted by molar-refractivity contribution is 0.184. The van der Waals surface area contributed by atoms with Crippen molar-refractivity contribution in [2.45, 2.75) is 18.9 Å². The SMILES string of the molecule is C#CCC(O)CC=C. The molecule has 1 nitrogen and oxygen atoms in total. The first kappa shape index (κ1) is 7.26. The van der Waals surface area contributed by atoms with Gasteiger partial charge in [0.2, 0.25) is 0 Å². The van der Waals surface area contributed by atoms with Crippen LogP contribution < -0.4 is 0 Å². The average Bonchev–Trinajstić information content (AvgIpc) is 1.68. The molecule has 8 heavy (non-hydrogen) atoms. The molecule has 0 heterocycles. The van der Waals surface area contributed by atoms with E-state index in [2.05, 4.69) is 12.5 Å². The second-order valence-corrected chi connectivity index (χ2v) is 1.59. The number of hydrogen-bond donors (Lipinski definition) is 1. The van der Waals surface area contributed by atoms with E-state index in [0.29, 0.717) is 12.8 Å². The summed E-state index contributed by atoms with van der Waals surface area (Å²) in [5, 5.41) is 8.84. The molecule has 1 N–H and O–H groups in total. The first-order valence-corrected chi connectivity index (χ1v) is 2.53. The maximum absolute atomic E-state index is 8.84. The van der Waals surface area contributed by atoms with E-state index >= 15 is 0 Å². The zero-order valence-corrected chi connectivity index (χ0v) is 4.80. The molecule has 0 aromatic heterocycles. The molecule has 44 valence electrons. The molecule has 0 aliphatic carbocycles. The quantitative estimate of drug-likeness (QED) is 0.423. The van der Waals surface area contributed by atoms with Crippen LogP contribution in [0.25, 0.3) is 0 Å². The minimum atomic E-state index is -0.391. The van der Waals surface area contributed by atoms with E-state index in [0.717, 1.165) is 0 Å². The van der Waals surface area contributed by atoms with E-state index in [4.69, 9.17) is 11.5 Å². The van der Waals surface area contributed by atoms with E-state index in [9.17, 15) is 0 Å². The van der Waals surface area contributed by atoms with Crippen LogP contribution in [0.5, 0.6) is 0 Å². The lowest BCUT2D eigenvalue weighted by atomic mass is 10.2. The molecule has 0 rings (SSSR count). The third-order valence-electron chi connectivity index (χ3n) is 0.792. The van der Waals surface area contributed by atoms with Gasteiger partial charge < -0.3 is 5.11 Å². The van der Waals surface area contributed by atoms with E-state index in [-0.39, 0.29) is 0 Å². The van der Waals surface area contributed by atoms with Crippen LogP contribution in [0.1, 0.15) is 12.8 Å². The Bertz CT molecular complexity index is 99.4.